The Bertz CT molecular complexity index is 2630. The first-order valence-electron chi connectivity index (χ1n) is 17.5. The molecule has 0 bridgehead atoms. The molecule has 5 heteroatoms. The normalized spacial score (nSPS) is 17.0. The second-order valence-electron chi connectivity index (χ2n) is 13.2. The molecule has 0 fully saturated rings. The van der Waals surface area contributed by atoms with Gasteiger partial charge < -0.3 is 19.4 Å². The van der Waals surface area contributed by atoms with Crippen LogP contribution in [0.2, 0.25) is 0 Å². The first-order chi connectivity index (χ1) is 24.8. The van der Waals surface area contributed by atoms with Crippen LogP contribution in [-0.2, 0) is 6.42 Å². The monoisotopic (exact) mass is 644 g/mol. The molecule has 7 aromatic rings. The quantitative estimate of drug-likeness (QED) is 0.179. The third kappa shape index (κ3) is 4.69. The number of aliphatic imine (C=N–C) groups is 2. The molecule has 0 N–H and O–H groups in total. The molecule has 2 aliphatic carbocycles. The fraction of sp³-hybridized carbons (Fsp3) is 0.111. The third-order valence-electron chi connectivity index (χ3n) is 10.2. The van der Waals surface area contributed by atoms with Crippen LogP contribution in [0.4, 0.5) is 0 Å². The first-order valence-corrected chi connectivity index (χ1v) is 17.5. The lowest BCUT2D eigenvalue weighted by Gasteiger charge is -2.33. The number of nitrogens with zero attached hydrogens (tertiary/aromatic N) is 5. The maximum absolute atomic E-state index is 5.11. The summed E-state index contributed by atoms with van der Waals surface area (Å²) in [6.45, 7) is 0. The summed E-state index contributed by atoms with van der Waals surface area (Å²) in [7, 11) is 0. The lowest BCUT2D eigenvalue weighted by molar-refractivity contribution is 0.876. The minimum Gasteiger partial charge on any atom is -0.438 e. The highest BCUT2D eigenvalue weighted by Gasteiger charge is 2.20. The smallest absolute Gasteiger partial charge is 0.0822 e. The summed E-state index contributed by atoms with van der Waals surface area (Å²) >= 11 is 0. The summed E-state index contributed by atoms with van der Waals surface area (Å²) in [5, 5.41) is 8.81. The zero-order chi connectivity index (χ0) is 33.0. The molecule has 240 valence electrons. The maximum atomic E-state index is 5.11. The number of fused-ring (bicyclic) bond motifs is 6. The molecule has 10 rings (SSSR count). The van der Waals surface area contributed by atoms with Gasteiger partial charge in [0, 0.05) is 33.2 Å². The largest absolute Gasteiger partial charge is 0.438 e. The SMILES string of the molecule is C1=CC(C2=NC(c3cccc(-n4c5ccccc5c5cc(-n6c7c(c8ccccc86)CCC=C7)ccc54)c3)=NC(c3ccccc3)[N-]2)=CCC1. The molecule has 1 atom stereocenters. The number of aromatic nitrogens is 2. The van der Waals surface area contributed by atoms with E-state index in [1.54, 1.807) is 0 Å². The van der Waals surface area contributed by atoms with Crippen molar-refractivity contribution in [2.24, 2.45) is 9.98 Å². The van der Waals surface area contributed by atoms with Crippen molar-refractivity contribution in [2.45, 2.75) is 31.8 Å². The number of allylic oxidation sites excluding steroid dienone is 3. The van der Waals surface area contributed by atoms with Crippen molar-refractivity contribution in [3.05, 3.63) is 179 Å². The van der Waals surface area contributed by atoms with Crippen LogP contribution in [0, 0.1) is 0 Å². The lowest BCUT2D eigenvalue weighted by atomic mass is 10.0. The van der Waals surface area contributed by atoms with E-state index in [4.69, 9.17) is 15.3 Å². The summed E-state index contributed by atoms with van der Waals surface area (Å²) in [6.07, 6.45) is 15.0. The lowest BCUT2D eigenvalue weighted by Crippen LogP contribution is -2.16. The molecule has 0 radical (unpaired) electrons. The zero-order valence-electron chi connectivity index (χ0n) is 27.6. The van der Waals surface area contributed by atoms with Crippen molar-refractivity contribution in [1.29, 1.82) is 0 Å². The van der Waals surface area contributed by atoms with Crippen molar-refractivity contribution in [2.75, 3.05) is 0 Å². The minimum absolute atomic E-state index is 0.351. The van der Waals surface area contributed by atoms with Crippen LogP contribution in [0.5, 0.6) is 0 Å². The molecular formula is C45H34N5-. The van der Waals surface area contributed by atoms with Crippen LogP contribution in [0.3, 0.4) is 0 Å². The van der Waals surface area contributed by atoms with E-state index in [0.717, 1.165) is 59.4 Å². The second kappa shape index (κ2) is 11.7. The van der Waals surface area contributed by atoms with Gasteiger partial charge in [0.1, 0.15) is 0 Å². The van der Waals surface area contributed by atoms with Crippen molar-refractivity contribution in [3.8, 4) is 11.4 Å². The van der Waals surface area contributed by atoms with E-state index in [2.05, 4.69) is 143 Å². The molecule has 5 aromatic carbocycles. The molecule has 2 aromatic heterocycles. The Balaban J connectivity index is 1.12. The fourth-order valence-electron chi connectivity index (χ4n) is 7.88. The van der Waals surface area contributed by atoms with Crippen molar-refractivity contribution in [1.82, 2.24) is 9.13 Å². The van der Waals surface area contributed by atoms with Crippen molar-refractivity contribution >= 4 is 50.5 Å². The summed E-state index contributed by atoms with van der Waals surface area (Å²) in [6, 6.07) is 43.4. The maximum Gasteiger partial charge on any atom is 0.0822 e. The average molecular weight is 645 g/mol. The van der Waals surface area contributed by atoms with Crippen molar-refractivity contribution in [3.63, 3.8) is 0 Å². The van der Waals surface area contributed by atoms with E-state index in [1.165, 1.54) is 44.1 Å². The van der Waals surface area contributed by atoms with Gasteiger partial charge in [-0.3, -0.25) is 4.99 Å². The molecule has 0 saturated heterocycles. The van der Waals surface area contributed by atoms with Crippen LogP contribution >= 0.6 is 0 Å². The van der Waals surface area contributed by atoms with Gasteiger partial charge in [0.2, 0.25) is 0 Å². The van der Waals surface area contributed by atoms with Crippen molar-refractivity contribution < 1.29 is 0 Å². The molecule has 0 spiro atoms. The van der Waals surface area contributed by atoms with Gasteiger partial charge in [-0.15, -0.1) is 0 Å². The summed E-state index contributed by atoms with van der Waals surface area (Å²) in [4.78, 5) is 10.2. The number of amidine groups is 2. The van der Waals surface area contributed by atoms with Crippen LogP contribution in [0.25, 0.3) is 55.5 Å². The van der Waals surface area contributed by atoms with Crippen LogP contribution in [-0.4, -0.2) is 20.8 Å². The van der Waals surface area contributed by atoms with Gasteiger partial charge in [-0.1, -0.05) is 109 Å². The molecule has 0 amide bonds. The van der Waals surface area contributed by atoms with E-state index in [-0.39, 0.29) is 6.17 Å². The molecule has 1 unspecified atom stereocenters. The zero-order valence-corrected chi connectivity index (χ0v) is 27.6. The fourth-order valence-corrected chi connectivity index (χ4v) is 7.88. The van der Waals surface area contributed by atoms with Gasteiger partial charge >= 0.3 is 0 Å². The minimum atomic E-state index is -0.351. The second-order valence-corrected chi connectivity index (χ2v) is 13.2. The Kier molecular flexibility index (Phi) is 6.76. The van der Waals surface area contributed by atoms with Gasteiger partial charge in [-0.25, -0.2) is 0 Å². The van der Waals surface area contributed by atoms with Gasteiger partial charge in [-0.2, -0.15) is 0 Å². The van der Waals surface area contributed by atoms with Gasteiger partial charge in [-0.05, 0) is 96.5 Å². The van der Waals surface area contributed by atoms with Crippen LogP contribution < -0.4 is 0 Å². The summed E-state index contributed by atoms with van der Waals surface area (Å²) in [5.74, 6) is 1.44. The third-order valence-corrected chi connectivity index (χ3v) is 10.2. The molecule has 3 heterocycles. The Hall–Kier alpha value is -6.20. The Morgan fingerprint density at radius 1 is 0.600 bits per heavy atom. The molecule has 5 nitrogen and oxygen atoms in total. The predicted molar refractivity (Wildman–Crippen MR) is 208 cm³/mol. The predicted octanol–water partition coefficient (Wildman–Crippen LogP) is 11.2. The van der Waals surface area contributed by atoms with E-state index < -0.39 is 0 Å². The number of hydrogen-bond donors (Lipinski definition) is 0. The van der Waals surface area contributed by atoms with E-state index >= 15 is 0 Å². The molecule has 1 aliphatic heterocycles. The number of aryl methyl sites for hydroxylation is 1. The molecular weight excluding hydrogens is 611 g/mol. The van der Waals surface area contributed by atoms with Gasteiger partial charge in [0.15, 0.2) is 0 Å². The summed E-state index contributed by atoms with van der Waals surface area (Å²) < 4.78 is 4.81. The highest BCUT2D eigenvalue weighted by atomic mass is 15.2. The first kappa shape index (κ1) is 28.8. The van der Waals surface area contributed by atoms with Crippen LogP contribution in [0.1, 0.15) is 47.8 Å². The van der Waals surface area contributed by atoms with E-state index in [0.29, 0.717) is 5.84 Å². The Morgan fingerprint density at radius 3 is 2.22 bits per heavy atom. The Morgan fingerprint density at radius 2 is 1.36 bits per heavy atom. The topological polar surface area (TPSA) is 48.7 Å². The standard InChI is InChI=1S/C45H34N5/c1-3-14-30(15-4-1)43-46-44(31-16-5-2-6-17-31)48-45(47-43)32-18-13-19-33(28-32)49-41-25-12-9-22-37(41)38-29-34(26-27-42(38)49)50-39-23-10-7-20-35(39)36-21-8-11-24-40(36)50/h1,3-5,7,9-20,22-29,43H,2,6,8,21H2/q-1. The molecule has 0 saturated carbocycles. The Labute approximate surface area is 290 Å². The molecule has 50 heavy (non-hydrogen) atoms. The van der Waals surface area contributed by atoms with E-state index in [1.807, 2.05) is 18.2 Å². The number of para-hydroxylation sites is 2. The average Bonchev–Trinajstić information content (AvgIpc) is 3.71. The van der Waals surface area contributed by atoms with Gasteiger partial charge in [0.05, 0.1) is 28.6 Å². The van der Waals surface area contributed by atoms with Gasteiger partial charge in [0.25, 0.3) is 0 Å². The number of hydrogen-bond acceptors (Lipinski definition) is 2. The molecule has 3 aliphatic rings. The van der Waals surface area contributed by atoms with E-state index in [9.17, 15) is 0 Å². The van der Waals surface area contributed by atoms with Crippen LogP contribution in [0.15, 0.2) is 161 Å². The summed E-state index contributed by atoms with van der Waals surface area (Å²) in [5.41, 5.74) is 11.7. The highest BCUT2D eigenvalue weighted by Crippen LogP contribution is 2.38. The highest BCUT2D eigenvalue weighted by molar-refractivity contribution is 6.20. The number of benzene rings is 5. The number of rotatable bonds is 5.